The van der Waals surface area contributed by atoms with E-state index < -0.39 is 23.3 Å². The number of aryl methyl sites for hydroxylation is 1. The van der Waals surface area contributed by atoms with Crippen molar-refractivity contribution in [2.24, 2.45) is 5.41 Å². The predicted octanol–water partition coefficient (Wildman–Crippen LogP) is 0.815. The van der Waals surface area contributed by atoms with Crippen molar-refractivity contribution < 1.29 is 14.4 Å². The van der Waals surface area contributed by atoms with Crippen LogP contribution in [0.4, 0.5) is 9.93 Å². The van der Waals surface area contributed by atoms with Gasteiger partial charge in [0.25, 0.3) is 5.91 Å². The molecule has 2 heterocycles. The fourth-order valence-electron chi connectivity index (χ4n) is 1.86. The van der Waals surface area contributed by atoms with E-state index >= 15 is 0 Å². The quantitative estimate of drug-likeness (QED) is 0.749. The molecule has 2 aliphatic rings. The summed E-state index contributed by atoms with van der Waals surface area (Å²) in [5.41, 5.74) is -0.264. The number of urea groups is 1. The lowest BCUT2D eigenvalue weighted by Gasteiger charge is -2.28. The van der Waals surface area contributed by atoms with Crippen molar-refractivity contribution in [1.82, 2.24) is 10.3 Å². The van der Waals surface area contributed by atoms with Crippen molar-refractivity contribution >= 4 is 34.3 Å². The predicted molar refractivity (Wildman–Crippen MR) is 59.5 cm³/mol. The lowest BCUT2D eigenvalue weighted by molar-refractivity contribution is -0.136. The van der Waals surface area contributed by atoms with E-state index in [1.807, 2.05) is 0 Å². The van der Waals surface area contributed by atoms with Crippen LogP contribution < -0.4 is 10.2 Å². The average Bonchev–Trinajstić information content (AvgIpc) is 2.96. The maximum atomic E-state index is 12.2. The van der Waals surface area contributed by atoms with Gasteiger partial charge in [-0.25, -0.2) is 14.7 Å². The van der Waals surface area contributed by atoms with Gasteiger partial charge in [-0.1, -0.05) is 0 Å². The summed E-state index contributed by atoms with van der Waals surface area (Å²) >= 11 is 1.22. The van der Waals surface area contributed by atoms with E-state index in [1.54, 1.807) is 12.3 Å². The molecule has 1 aromatic heterocycles. The minimum atomic E-state index is -1.01. The Bertz CT molecular complexity index is 547. The van der Waals surface area contributed by atoms with Gasteiger partial charge >= 0.3 is 6.03 Å². The normalized spacial score (nSPS) is 21.9. The number of hydrogen-bond donors (Lipinski definition) is 1. The van der Waals surface area contributed by atoms with Gasteiger partial charge in [0, 0.05) is 5.38 Å². The molecule has 7 heteroatoms. The second-order valence-corrected chi connectivity index (χ2v) is 5.09. The number of thiazole rings is 1. The average molecular weight is 251 g/mol. The Balaban J connectivity index is 2.02. The molecule has 0 aromatic carbocycles. The highest BCUT2D eigenvalue weighted by Crippen LogP contribution is 2.49. The van der Waals surface area contributed by atoms with Crippen molar-refractivity contribution in [2.75, 3.05) is 4.90 Å². The van der Waals surface area contributed by atoms with Crippen LogP contribution in [0.1, 0.15) is 18.5 Å². The number of rotatable bonds is 1. The zero-order valence-corrected chi connectivity index (χ0v) is 9.84. The maximum Gasteiger partial charge on any atom is 0.337 e. The zero-order valence-electron chi connectivity index (χ0n) is 9.02. The zero-order chi connectivity index (χ0) is 12.2. The van der Waals surface area contributed by atoms with E-state index in [4.69, 9.17) is 0 Å². The summed E-state index contributed by atoms with van der Waals surface area (Å²) in [7, 11) is 0. The standard InChI is InChI=1S/C10H9N3O3S/c1-5-4-17-9(11-5)13-7(15)10(2-3-10)6(14)12-8(13)16/h4H,2-3H2,1H3,(H,12,14,16). The molecule has 0 unspecified atom stereocenters. The molecule has 1 saturated heterocycles. The van der Waals surface area contributed by atoms with Crippen LogP contribution in [0.25, 0.3) is 0 Å². The maximum absolute atomic E-state index is 12.2. The first-order valence-electron chi connectivity index (χ1n) is 5.17. The molecule has 1 aromatic rings. The fourth-order valence-corrected chi connectivity index (χ4v) is 2.66. The molecule has 1 N–H and O–H groups in total. The Kier molecular flexibility index (Phi) is 1.91. The van der Waals surface area contributed by atoms with Crippen LogP contribution in [0.5, 0.6) is 0 Å². The van der Waals surface area contributed by atoms with Crippen molar-refractivity contribution in [1.29, 1.82) is 0 Å². The molecule has 1 aliphatic heterocycles. The molecule has 88 valence electrons. The summed E-state index contributed by atoms with van der Waals surface area (Å²) in [5, 5.41) is 4.29. The molecule has 0 atom stereocenters. The first-order chi connectivity index (χ1) is 8.04. The number of barbiturate groups is 1. The number of anilines is 1. The molecule has 0 bridgehead atoms. The van der Waals surface area contributed by atoms with Gasteiger partial charge in [-0.2, -0.15) is 0 Å². The smallest absolute Gasteiger partial charge is 0.276 e. The monoisotopic (exact) mass is 251 g/mol. The lowest BCUT2D eigenvalue weighted by Crippen LogP contribution is -2.59. The molecule has 2 fully saturated rings. The molecular weight excluding hydrogens is 242 g/mol. The highest BCUT2D eigenvalue weighted by molar-refractivity contribution is 7.14. The third-order valence-corrected chi connectivity index (χ3v) is 3.96. The number of carbonyl (C=O) groups is 3. The van der Waals surface area contributed by atoms with E-state index in [1.165, 1.54) is 11.3 Å². The Hall–Kier alpha value is -1.76. The van der Waals surface area contributed by atoms with Crippen molar-refractivity contribution in [2.45, 2.75) is 19.8 Å². The molecule has 1 spiro atoms. The lowest BCUT2D eigenvalue weighted by atomic mass is 10.0. The number of nitrogens with one attached hydrogen (secondary N) is 1. The van der Waals surface area contributed by atoms with Crippen LogP contribution in [0.3, 0.4) is 0 Å². The summed E-state index contributed by atoms with van der Waals surface area (Å²) in [6, 6.07) is -0.702. The van der Waals surface area contributed by atoms with Gasteiger partial charge in [0.1, 0.15) is 5.41 Å². The Morgan fingerprint density at radius 3 is 2.65 bits per heavy atom. The van der Waals surface area contributed by atoms with Crippen molar-refractivity contribution in [3.63, 3.8) is 0 Å². The first-order valence-corrected chi connectivity index (χ1v) is 6.05. The molecule has 3 rings (SSSR count). The van der Waals surface area contributed by atoms with Gasteiger partial charge in [0.05, 0.1) is 5.69 Å². The molecule has 4 amide bonds. The molecule has 1 saturated carbocycles. The minimum absolute atomic E-state index is 0.323. The molecule has 0 radical (unpaired) electrons. The van der Waals surface area contributed by atoms with Gasteiger partial charge in [-0.3, -0.25) is 14.9 Å². The highest BCUT2D eigenvalue weighted by atomic mass is 32.1. The van der Waals surface area contributed by atoms with Crippen molar-refractivity contribution in [3.8, 4) is 0 Å². The third-order valence-electron chi connectivity index (χ3n) is 3.02. The topological polar surface area (TPSA) is 79.4 Å². The second-order valence-electron chi connectivity index (χ2n) is 4.25. The number of carbonyl (C=O) groups excluding carboxylic acids is 3. The molecule has 6 nitrogen and oxygen atoms in total. The number of imide groups is 2. The summed E-state index contributed by atoms with van der Waals surface area (Å²) in [6.07, 6.45) is 1.01. The van der Waals surface area contributed by atoms with Gasteiger partial charge in [-0.05, 0) is 19.8 Å². The number of hydrogen-bond acceptors (Lipinski definition) is 5. The van der Waals surface area contributed by atoms with E-state index in [-0.39, 0.29) is 0 Å². The minimum Gasteiger partial charge on any atom is -0.276 e. The van der Waals surface area contributed by atoms with E-state index in [2.05, 4.69) is 10.3 Å². The van der Waals surface area contributed by atoms with Gasteiger partial charge in [-0.15, -0.1) is 11.3 Å². The second kappa shape index (κ2) is 3.13. The van der Waals surface area contributed by atoms with E-state index in [9.17, 15) is 14.4 Å². The Morgan fingerprint density at radius 1 is 1.41 bits per heavy atom. The van der Waals surface area contributed by atoms with Crippen LogP contribution in [-0.2, 0) is 9.59 Å². The number of aromatic nitrogens is 1. The van der Waals surface area contributed by atoms with Crippen molar-refractivity contribution in [3.05, 3.63) is 11.1 Å². The van der Waals surface area contributed by atoms with Gasteiger partial charge in [0.2, 0.25) is 11.0 Å². The largest absolute Gasteiger partial charge is 0.337 e. The van der Waals surface area contributed by atoms with Crippen LogP contribution in [0, 0.1) is 12.3 Å². The summed E-state index contributed by atoms with van der Waals surface area (Å²) < 4.78 is 0. The van der Waals surface area contributed by atoms with Gasteiger partial charge in [0.15, 0.2) is 0 Å². The fraction of sp³-hybridized carbons (Fsp3) is 0.400. The summed E-state index contributed by atoms with van der Waals surface area (Å²) in [4.78, 5) is 40.5. The van der Waals surface area contributed by atoms with E-state index in [0.29, 0.717) is 18.0 Å². The Morgan fingerprint density at radius 2 is 2.12 bits per heavy atom. The number of nitrogens with zero attached hydrogens (tertiary/aromatic N) is 2. The molecule has 17 heavy (non-hydrogen) atoms. The van der Waals surface area contributed by atoms with Crippen LogP contribution >= 0.6 is 11.3 Å². The van der Waals surface area contributed by atoms with Crippen LogP contribution in [0.2, 0.25) is 0 Å². The highest BCUT2D eigenvalue weighted by Gasteiger charge is 2.62. The number of amides is 4. The SMILES string of the molecule is Cc1csc(N2C(=O)NC(=O)C3(CC3)C2=O)n1. The van der Waals surface area contributed by atoms with Gasteiger partial charge < -0.3 is 0 Å². The first kappa shape index (κ1) is 10.4. The van der Waals surface area contributed by atoms with Crippen LogP contribution in [-0.4, -0.2) is 22.8 Å². The van der Waals surface area contributed by atoms with E-state index in [0.717, 1.165) is 10.6 Å². The third kappa shape index (κ3) is 1.32. The molecule has 1 aliphatic carbocycles. The Labute approximate surface area is 101 Å². The summed E-state index contributed by atoms with van der Waals surface area (Å²) in [6.45, 7) is 1.78. The summed E-state index contributed by atoms with van der Waals surface area (Å²) in [5.74, 6) is -0.919. The molecular formula is C10H9N3O3S. The van der Waals surface area contributed by atoms with Crippen LogP contribution in [0.15, 0.2) is 5.38 Å².